The highest BCUT2D eigenvalue weighted by molar-refractivity contribution is 7.23. The van der Waals surface area contributed by atoms with Gasteiger partial charge in [0.2, 0.25) is 0 Å². The highest BCUT2D eigenvalue weighted by Gasteiger charge is 2.49. The standard InChI is InChI=1S/C32H32ClF3N8OS/c33-24-22(18-2-3-20(35)28-21(18)19(13-37)29(38)46-28)25(36)27-23-26(24)40-9-11-44(17-4-7-39-8-5-17)30(23)42-31(41-27)45-15-32-6-1-10-43(32)14-16(34)12-32/h2-3,16-17,39-40H,1,4-12,14-15,38H2/t16-,32?/m1/s1. The topological polar surface area (TPSA) is 115 Å². The van der Waals surface area contributed by atoms with Gasteiger partial charge in [0, 0.05) is 43.0 Å². The zero-order valence-electron chi connectivity index (χ0n) is 24.9. The molecule has 0 saturated carbocycles. The van der Waals surface area contributed by atoms with E-state index in [1.807, 2.05) is 0 Å². The highest BCUT2D eigenvalue weighted by Crippen LogP contribution is 2.50. The van der Waals surface area contributed by atoms with Crippen LogP contribution in [0.5, 0.6) is 6.01 Å². The number of hydrogen-bond acceptors (Lipinski definition) is 10. The number of nitrogens with one attached hydrogen (secondary N) is 2. The SMILES string of the molecule is N#Cc1c(N)sc2c(F)ccc(-c3c(Cl)c4c5c(nc(OCC67CCCN6C[C@H](F)C7)nc5c3F)N(C3CCNCC3)CCN4)c12. The van der Waals surface area contributed by atoms with Gasteiger partial charge in [-0.15, -0.1) is 11.3 Å². The summed E-state index contributed by atoms with van der Waals surface area (Å²) in [6.45, 7) is 4.17. The normalized spacial score (nSPS) is 23.5. The highest BCUT2D eigenvalue weighted by atomic mass is 35.5. The van der Waals surface area contributed by atoms with Crippen molar-refractivity contribution in [2.75, 3.05) is 61.8 Å². The number of hydrogen-bond donors (Lipinski definition) is 3. The van der Waals surface area contributed by atoms with E-state index in [2.05, 4.69) is 31.5 Å². The molecule has 2 atom stereocenters. The van der Waals surface area contributed by atoms with Gasteiger partial charge in [0.05, 0.1) is 31.9 Å². The van der Waals surface area contributed by atoms with Gasteiger partial charge in [-0.3, -0.25) is 4.90 Å². The molecule has 0 radical (unpaired) electrons. The summed E-state index contributed by atoms with van der Waals surface area (Å²) in [6, 6.07) is 4.86. The van der Waals surface area contributed by atoms with Gasteiger partial charge in [-0.25, -0.2) is 13.2 Å². The molecule has 4 N–H and O–H groups in total. The summed E-state index contributed by atoms with van der Waals surface area (Å²) in [4.78, 5) is 13.9. The van der Waals surface area contributed by atoms with Gasteiger partial charge >= 0.3 is 6.01 Å². The van der Waals surface area contributed by atoms with Gasteiger partial charge in [0.1, 0.15) is 41.0 Å². The molecule has 14 heteroatoms. The molecular formula is C32H32ClF3N8OS. The molecule has 2 aromatic heterocycles. The molecule has 3 saturated heterocycles. The first-order chi connectivity index (χ1) is 22.3. The Labute approximate surface area is 272 Å². The van der Waals surface area contributed by atoms with Crippen LogP contribution in [0.15, 0.2) is 12.1 Å². The van der Waals surface area contributed by atoms with Gasteiger partial charge in [-0.2, -0.15) is 15.2 Å². The number of rotatable bonds is 5. The fraction of sp³-hybridized carbons (Fsp3) is 0.469. The minimum Gasteiger partial charge on any atom is -0.461 e. The number of benzene rings is 2. The van der Waals surface area contributed by atoms with Crippen LogP contribution in [0.1, 0.15) is 37.7 Å². The summed E-state index contributed by atoms with van der Waals surface area (Å²) in [5.74, 6) is -0.777. The largest absolute Gasteiger partial charge is 0.461 e. The second-order valence-corrected chi connectivity index (χ2v) is 14.1. The molecule has 4 aliphatic rings. The van der Waals surface area contributed by atoms with E-state index in [1.165, 1.54) is 12.1 Å². The van der Waals surface area contributed by atoms with E-state index in [0.717, 1.165) is 56.7 Å². The van der Waals surface area contributed by atoms with Crippen LogP contribution in [0.3, 0.4) is 0 Å². The van der Waals surface area contributed by atoms with E-state index in [9.17, 15) is 14.0 Å². The van der Waals surface area contributed by atoms with E-state index in [0.29, 0.717) is 42.9 Å². The van der Waals surface area contributed by atoms with Gasteiger partial charge < -0.3 is 26.0 Å². The maximum atomic E-state index is 17.1. The van der Waals surface area contributed by atoms with Crippen molar-refractivity contribution in [3.05, 3.63) is 34.4 Å². The lowest BCUT2D eigenvalue weighted by atomic mass is 9.95. The third kappa shape index (κ3) is 4.56. The number of nitrogens with two attached hydrogens (primary N) is 1. The van der Waals surface area contributed by atoms with Crippen molar-refractivity contribution in [3.8, 4) is 23.2 Å². The lowest BCUT2D eigenvalue weighted by molar-refractivity contribution is 0.107. The number of halogens is 4. The summed E-state index contributed by atoms with van der Waals surface area (Å²) >= 11 is 8.02. The van der Waals surface area contributed by atoms with Crippen molar-refractivity contribution >= 4 is 60.4 Å². The molecular weight excluding hydrogens is 637 g/mol. The average molecular weight is 669 g/mol. The van der Waals surface area contributed by atoms with E-state index >= 15 is 4.39 Å². The van der Waals surface area contributed by atoms with Crippen LogP contribution in [0, 0.1) is 23.0 Å². The third-order valence-electron chi connectivity index (χ3n) is 10.1. The third-order valence-corrected chi connectivity index (χ3v) is 11.5. The molecule has 4 aliphatic heterocycles. The fourth-order valence-electron chi connectivity index (χ4n) is 7.98. The zero-order valence-corrected chi connectivity index (χ0v) is 26.5. The van der Waals surface area contributed by atoms with Crippen molar-refractivity contribution in [1.82, 2.24) is 20.2 Å². The van der Waals surface area contributed by atoms with Crippen molar-refractivity contribution in [2.45, 2.75) is 49.9 Å². The molecule has 0 spiro atoms. The van der Waals surface area contributed by atoms with Crippen LogP contribution in [0.2, 0.25) is 5.02 Å². The number of anilines is 3. The van der Waals surface area contributed by atoms with Crippen molar-refractivity contribution in [1.29, 1.82) is 5.26 Å². The maximum absolute atomic E-state index is 17.1. The van der Waals surface area contributed by atoms with E-state index < -0.39 is 23.3 Å². The van der Waals surface area contributed by atoms with Crippen molar-refractivity contribution < 1.29 is 17.9 Å². The number of nitrogens with zero attached hydrogens (tertiary/aromatic N) is 5. The van der Waals surface area contributed by atoms with Crippen LogP contribution in [-0.4, -0.2) is 78.5 Å². The van der Waals surface area contributed by atoms with Gasteiger partial charge in [0.25, 0.3) is 0 Å². The number of alkyl halides is 1. The maximum Gasteiger partial charge on any atom is 0.319 e. The summed E-state index contributed by atoms with van der Waals surface area (Å²) in [5.41, 5.74) is 6.41. The molecule has 4 aromatic rings. The smallest absolute Gasteiger partial charge is 0.319 e. The molecule has 3 fully saturated rings. The minimum atomic E-state index is -0.922. The molecule has 0 amide bonds. The Kier molecular flexibility index (Phi) is 7.32. The lowest BCUT2D eigenvalue weighted by Gasteiger charge is -2.35. The van der Waals surface area contributed by atoms with E-state index in [1.54, 1.807) is 0 Å². The van der Waals surface area contributed by atoms with Crippen molar-refractivity contribution in [3.63, 3.8) is 0 Å². The molecule has 6 heterocycles. The van der Waals surface area contributed by atoms with Gasteiger partial charge in [0.15, 0.2) is 5.82 Å². The average Bonchev–Trinajstić information content (AvgIpc) is 3.65. The van der Waals surface area contributed by atoms with Crippen LogP contribution in [-0.2, 0) is 0 Å². The van der Waals surface area contributed by atoms with Crippen LogP contribution in [0.4, 0.5) is 29.7 Å². The van der Waals surface area contributed by atoms with E-state index in [4.69, 9.17) is 27.1 Å². The number of ether oxygens (including phenoxy) is 1. The number of piperidine rings is 1. The number of nitriles is 1. The number of aromatic nitrogens is 2. The Bertz CT molecular complexity index is 1930. The summed E-state index contributed by atoms with van der Waals surface area (Å²) in [5, 5.41) is 17.6. The Morgan fingerprint density at radius 3 is 2.80 bits per heavy atom. The number of fused-ring (bicyclic) bond motifs is 2. The Hall–Kier alpha value is -3.57. The van der Waals surface area contributed by atoms with Crippen LogP contribution in [0.25, 0.3) is 32.1 Å². The van der Waals surface area contributed by atoms with Crippen LogP contribution < -0.4 is 26.0 Å². The predicted molar refractivity (Wildman–Crippen MR) is 175 cm³/mol. The monoisotopic (exact) mass is 668 g/mol. The van der Waals surface area contributed by atoms with Crippen molar-refractivity contribution in [2.24, 2.45) is 0 Å². The number of thiophene rings is 1. The van der Waals surface area contributed by atoms with Crippen LogP contribution >= 0.6 is 22.9 Å². The second-order valence-electron chi connectivity index (χ2n) is 12.6. The first-order valence-corrected chi connectivity index (χ1v) is 16.9. The molecule has 0 bridgehead atoms. The first-order valence-electron chi connectivity index (χ1n) is 15.7. The predicted octanol–water partition coefficient (Wildman–Crippen LogP) is 5.84. The summed E-state index contributed by atoms with van der Waals surface area (Å²) < 4.78 is 53.1. The Morgan fingerprint density at radius 2 is 2.00 bits per heavy atom. The molecule has 1 unspecified atom stereocenters. The van der Waals surface area contributed by atoms with Gasteiger partial charge in [-0.05, 0) is 56.9 Å². The molecule has 0 aliphatic carbocycles. The molecule has 9 nitrogen and oxygen atoms in total. The molecule has 46 heavy (non-hydrogen) atoms. The quantitative estimate of drug-likeness (QED) is 0.241. The Balaban J connectivity index is 1.34. The fourth-order valence-corrected chi connectivity index (χ4v) is 9.28. The number of nitrogen functional groups attached to an aromatic ring is 1. The lowest BCUT2D eigenvalue weighted by Crippen LogP contribution is -2.45. The zero-order chi connectivity index (χ0) is 31.7. The minimum absolute atomic E-state index is 0.00233. The van der Waals surface area contributed by atoms with E-state index in [-0.39, 0.29) is 61.0 Å². The Morgan fingerprint density at radius 1 is 1.17 bits per heavy atom. The first kappa shape index (κ1) is 29.8. The summed E-state index contributed by atoms with van der Waals surface area (Å²) in [6.07, 6.45) is 2.98. The summed E-state index contributed by atoms with van der Waals surface area (Å²) in [7, 11) is 0. The second kappa shape index (κ2) is 11.3. The molecule has 240 valence electrons. The molecule has 8 rings (SSSR count). The molecule has 2 aromatic carbocycles. The van der Waals surface area contributed by atoms with Gasteiger partial charge in [-0.1, -0.05) is 17.7 Å².